The van der Waals surface area contributed by atoms with Crippen molar-refractivity contribution in [3.63, 3.8) is 0 Å². The van der Waals surface area contributed by atoms with E-state index >= 15 is 0 Å². The summed E-state index contributed by atoms with van der Waals surface area (Å²) in [7, 11) is 0. The average molecular weight is 451 g/mol. The third-order valence-electron chi connectivity index (χ3n) is 4.86. The summed E-state index contributed by atoms with van der Waals surface area (Å²) in [6.07, 6.45) is -1.65. The van der Waals surface area contributed by atoms with E-state index in [1.165, 1.54) is 24.3 Å². The van der Waals surface area contributed by atoms with Crippen molar-refractivity contribution in [2.45, 2.75) is 12.2 Å². The lowest BCUT2D eigenvalue weighted by atomic mass is 10.0. The van der Waals surface area contributed by atoms with Crippen LogP contribution in [0.1, 0.15) is 34.5 Å². The molecular weight excluding hydrogens is 430 g/mol. The third-order valence-corrected chi connectivity index (χ3v) is 5.56. The average Bonchev–Trinajstić information content (AvgIpc) is 2.82. The number of hydrogen-bond donors (Lipinski definition) is 0. The van der Waals surface area contributed by atoms with Crippen LogP contribution >= 0.6 is 0 Å². The van der Waals surface area contributed by atoms with Crippen LogP contribution in [-0.4, -0.2) is 4.21 Å². The molecule has 0 aromatic heterocycles. The predicted molar refractivity (Wildman–Crippen MR) is 120 cm³/mol. The van der Waals surface area contributed by atoms with E-state index in [0.717, 1.165) is 0 Å². The monoisotopic (exact) mass is 450 g/mol. The van der Waals surface area contributed by atoms with Crippen molar-refractivity contribution in [2.75, 3.05) is 0 Å². The zero-order chi connectivity index (χ0) is 22.3. The molecule has 0 aliphatic carbocycles. The second-order valence-corrected chi connectivity index (χ2v) is 7.88. The Hall–Kier alpha value is -3.19. The highest BCUT2D eigenvalue weighted by atomic mass is 32.2. The van der Waals surface area contributed by atoms with Gasteiger partial charge in [0.2, 0.25) is 0 Å². The van der Waals surface area contributed by atoms with Gasteiger partial charge in [-0.2, -0.15) is 4.21 Å². The molecule has 0 spiro atoms. The highest BCUT2D eigenvalue weighted by Crippen LogP contribution is 2.32. The minimum absolute atomic E-state index is 0.430. The van der Waals surface area contributed by atoms with Gasteiger partial charge in [-0.25, -0.2) is 8.78 Å². The lowest BCUT2D eigenvalue weighted by molar-refractivity contribution is 0.183. The molecule has 6 heteroatoms. The van der Waals surface area contributed by atoms with Crippen LogP contribution in [0.15, 0.2) is 109 Å². The van der Waals surface area contributed by atoms with Crippen LogP contribution in [0.3, 0.4) is 0 Å². The molecule has 0 heterocycles. The maximum atomic E-state index is 13.9. The lowest BCUT2D eigenvalue weighted by Crippen LogP contribution is -2.15. The fourth-order valence-electron chi connectivity index (χ4n) is 3.38. The molecule has 0 amide bonds. The Bertz CT molecular complexity index is 1090. The van der Waals surface area contributed by atoms with Crippen molar-refractivity contribution in [1.29, 1.82) is 0 Å². The molecule has 3 nitrogen and oxygen atoms in total. The largest absolute Gasteiger partial charge is 0.306 e. The van der Waals surface area contributed by atoms with E-state index in [-0.39, 0.29) is 0 Å². The molecule has 0 aliphatic heterocycles. The summed E-state index contributed by atoms with van der Waals surface area (Å²) < 4.78 is 52.3. The summed E-state index contributed by atoms with van der Waals surface area (Å²) in [5.41, 5.74) is 2.37. The van der Waals surface area contributed by atoms with Crippen LogP contribution in [-0.2, 0) is 19.7 Å². The molecule has 4 aromatic carbocycles. The molecule has 0 bridgehead atoms. The summed E-state index contributed by atoms with van der Waals surface area (Å²) >= 11 is -2.24. The zero-order valence-corrected chi connectivity index (χ0v) is 17.8. The Morgan fingerprint density at radius 1 is 0.531 bits per heavy atom. The lowest BCUT2D eigenvalue weighted by Gasteiger charge is -2.21. The molecule has 0 aliphatic rings. The highest BCUT2D eigenvalue weighted by molar-refractivity contribution is 7.75. The van der Waals surface area contributed by atoms with Crippen molar-refractivity contribution in [3.8, 4) is 0 Å². The first-order valence-corrected chi connectivity index (χ1v) is 11.0. The number of halogens is 2. The van der Waals surface area contributed by atoms with E-state index in [0.29, 0.717) is 22.3 Å². The normalized spacial score (nSPS) is 13.9. The maximum Gasteiger partial charge on any atom is 0.306 e. The standard InChI is InChI=1S/C26H20F2O3S/c27-23-15-7-13-21(17-23)25(19-9-3-1-4-10-19)30-32(29)31-26(20-11-5-2-6-12-20)22-14-8-16-24(28)18-22/h1-18,25-26H. The molecule has 0 saturated heterocycles. The van der Waals surface area contributed by atoms with E-state index in [1.54, 1.807) is 48.5 Å². The Morgan fingerprint density at radius 3 is 1.28 bits per heavy atom. The first-order valence-electron chi connectivity index (χ1n) is 9.97. The van der Waals surface area contributed by atoms with Crippen LogP contribution in [0.25, 0.3) is 0 Å². The molecule has 0 radical (unpaired) electrons. The minimum atomic E-state index is -2.24. The fourth-order valence-corrected chi connectivity index (χ4v) is 4.19. The van der Waals surface area contributed by atoms with Crippen LogP contribution in [0.2, 0.25) is 0 Å². The van der Waals surface area contributed by atoms with Gasteiger partial charge >= 0.3 is 11.4 Å². The first-order chi connectivity index (χ1) is 15.6. The first kappa shape index (κ1) is 22.0. The van der Waals surface area contributed by atoms with Crippen molar-refractivity contribution in [3.05, 3.63) is 143 Å². The van der Waals surface area contributed by atoms with Crippen LogP contribution in [0, 0.1) is 11.6 Å². The van der Waals surface area contributed by atoms with Crippen molar-refractivity contribution in [1.82, 2.24) is 0 Å². The molecule has 32 heavy (non-hydrogen) atoms. The molecular formula is C26H20F2O3S. The molecule has 162 valence electrons. The summed E-state index contributed by atoms with van der Waals surface area (Å²) in [4.78, 5) is 0. The van der Waals surface area contributed by atoms with E-state index in [2.05, 4.69) is 0 Å². The van der Waals surface area contributed by atoms with E-state index < -0.39 is 35.2 Å². The molecule has 0 fully saturated rings. The topological polar surface area (TPSA) is 35.5 Å². The van der Waals surface area contributed by atoms with E-state index in [1.807, 2.05) is 36.4 Å². The van der Waals surface area contributed by atoms with Gasteiger partial charge in [0.1, 0.15) is 23.8 Å². The summed E-state index contributed by atoms with van der Waals surface area (Å²) in [5.74, 6) is -0.860. The maximum absolute atomic E-state index is 13.9. The summed E-state index contributed by atoms with van der Waals surface area (Å²) in [6.45, 7) is 0. The van der Waals surface area contributed by atoms with Gasteiger partial charge in [-0.1, -0.05) is 84.9 Å². The van der Waals surface area contributed by atoms with E-state index in [4.69, 9.17) is 8.37 Å². The van der Waals surface area contributed by atoms with Gasteiger partial charge in [0, 0.05) is 0 Å². The van der Waals surface area contributed by atoms with Gasteiger partial charge < -0.3 is 0 Å². The summed E-state index contributed by atoms with van der Waals surface area (Å²) in [6, 6.07) is 30.0. The molecule has 2 unspecified atom stereocenters. The van der Waals surface area contributed by atoms with Gasteiger partial charge in [-0.05, 0) is 46.5 Å². The Labute approximate surface area is 188 Å². The Kier molecular flexibility index (Phi) is 7.17. The molecule has 2 atom stereocenters. The highest BCUT2D eigenvalue weighted by Gasteiger charge is 2.24. The minimum Gasteiger partial charge on any atom is -0.255 e. The van der Waals surface area contributed by atoms with Gasteiger partial charge in [0.15, 0.2) is 0 Å². The number of hydrogen-bond acceptors (Lipinski definition) is 3. The quantitative estimate of drug-likeness (QED) is 0.309. The zero-order valence-electron chi connectivity index (χ0n) is 16.9. The third kappa shape index (κ3) is 5.53. The van der Waals surface area contributed by atoms with Crippen molar-refractivity contribution < 1.29 is 21.4 Å². The smallest absolute Gasteiger partial charge is 0.255 e. The van der Waals surface area contributed by atoms with Gasteiger partial charge in [0.05, 0.1) is 0 Å². The predicted octanol–water partition coefficient (Wildman–Crippen LogP) is 6.46. The van der Waals surface area contributed by atoms with Crippen molar-refractivity contribution in [2.24, 2.45) is 0 Å². The second kappa shape index (κ2) is 10.4. The van der Waals surface area contributed by atoms with Gasteiger partial charge in [-0.15, -0.1) is 0 Å². The van der Waals surface area contributed by atoms with Gasteiger partial charge in [0.25, 0.3) is 0 Å². The van der Waals surface area contributed by atoms with E-state index in [9.17, 15) is 13.0 Å². The molecule has 0 saturated carbocycles. The van der Waals surface area contributed by atoms with Gasteiger partial charge in [-0.3, -0.25) is 8.37 Å². The number of rotatable bonds is 8. The SMILES string of the molecule is O=S(OC(c1ccccc1)c1cccc(F)c1)OC(c1ccccc1)c1cccc(F)c1. The Balaban J connectivity index is 1.63. The van der Waals surface area contributed by atoms with Crippen LogP contribution in [0.5, 0.6) is 0 Å². The summed E-state index contributed by atoms with van der Waals surface area (Å²) in [5, 5.41) is 0. The Morgan fingerprint density at radius 2 is 0.906 bits per heavy atom. The molecule has 0 N–H and O–H groups in total. The fraction of sp³-hybridized carbons (Fsp3) is 0.0769. The number of benzene rings is 4. The van der Waals surface area contributed by atoms with Crippen molar-refractivity contribution >= 4 is 11.4 Å². The second-order valence-electron chi connectivity index (χ2n) is 7.09. The molecule has 4 rings (SSSR count). The van der Waals surface area contributed by atoms with Crippen LogP contribution < -0.4 is 0 Å². The molecule has 4 aromatic rings. The van der Waals surface area contributed by atoms with Crippen LogP contribution in [0.4, 0.5) is 8.78 Å².